The molecule has 2 rings (SSSR count). The summed E-state index contributed by atoms with van der Waals surface area (Å²) in [6.45, 7) is 0. The van der Waals surface area contributed by atoms with Gasteiger partial charge in [0.15, 0.2) is 0 Å². The van der Waals surface area contributed by atoms with E-state index in [0.29, 0.717) is 0 Å². The van der Waals surface area contributed by atoms with Crippen LogP contribution >= 0.6 is 0 Å². The van der Waals surface area contributed by atoms with Crippen LogP contribution in [-0.2, 0) is 0 Å². The lowest BCUT2D eigenvalue weighted by atomic mass is 9.95. The highest BCUT2D eigenvalue weighted by Gasteiger charge is 2.09. The molecule has 2 unspecified atom stereocenters. The standard InChI is InChI=1S/C18H14N2/c19-13-17(15-7-3-1-4-8-15)11-12-18(14-20)16-9-5-2-6-10-16/h1-12,17-18H. The molecule has 0 fully saturated rings. The van der Waals surface area contributed by atoms with Gasteiger partial charge < -0.3 is 0 Å². The highest BCUT2D eigenvalue weighted by Crippen LogP contribution is 2.21. The summed E-state index contributed by atoms with van der Waals surface area (Å²) < 4.78 is 0. The van der Waals surface area contributed by atoms with Crippen molar-refractivity contribution in [3.8, 4) is 12.1 Å². The maximum atomic E-state index is 9.25. The van der Waals surface area contributed by atoms with Crippen molar-refractivity contribution in [3.05, 3.63) is 83.9 Å². The first-order chi connectivity index (χ1) is 9.85. The fourth-order valence-corrected chi connectivity index (χ4v) is 2.00. The second-order valence-electron chi connectivity index (χ2n) is 4.42. The van der Waals surface area contributed by atoms with E-state index in [1.54, 1.807) is 12.2 Å². The van der Waals surface area contributed by atoms with Crippen LogP contribution in [0, 0.1) is 22.7 Å². The number of nitriles is 2. The van der Waals surface area contributed by atoms with Crippen molar-refractivity contribution < 1.29 is 0 Å². The molecule has 0 saturated carbocycles. The molecular weight excluding hydrogens is 244 g/mol. The molecule has 2 nitrogen and oxygen atoms in total. The van der Waals surface area contributed by atoms with Gasteiger partial charge in [-0.15, -0.1) is 0 Å². The lowest BCUT2D eigenvalue weighted by Gasteiger charge is -2.06. The Bertz CT molecular complexity index is 586. The number of benzene rings is 2. The van der Waals surface area contributed by atoms with Gasteiger partial charge in [0, 0.05) is 0 Å². The summed E-state index contributed by atoms with van der Waals surface area (Å²) in [4.78, 5) is 0. The minimum Gasteiger partial charge on any atom is -0.197 e. The summed E-state index contributed by atoms with van der Waals surface area (Å²) in [5.74, 6) is -0.647. The van der Waals surface area contributed by atoms with E-state index in [2.05, 4.69) is 12.1 Å². The summed E-state index contributed by atoms with van der Waals surface area (Å²) in [6.07, 6.45) is 3.60. The predicted octanol–water partition coefficient (Wildman–Crippen LogP) is 4.16. The molecule has 0 bridgehead atoms. The van der Waals surface area contributed by atoms with E-state index in [1.165, 1.54) is 0 Å². The minimum absolute atomic E-state index is 0.323. The summed E-state index contributed by atoms with van der Waals surface area (Å²) in [6, 6.07) is 23.7. The largest absolute Gasteiger partial charge is 0.197 e. The number of hydrogen-bond donors (Lipinski definition) is 0. The first-order valence-electron chi connectivity index (χ1n) is 6.42. The van der Waals surface area contributed by atoms with Crippen LogP contribution in [0.4, 0.5) is 0 Å². The van der Waals surface area contributed by atoms with E-state index in [0.717, 1.165) is 11.1 Å². The first-order valence-corrected chi connectivity index (χ1v) is 6.42. The van der Waals surface area contributed by atoms with Crippen molar-refractivity contribution in [2.75, 3.05) is 0 Å². The molecule has 0 aromatic heterocycles. The van der Waals surface area contributed by atoms with Gasteiger partial charge in [0.1, 0.15) is 0 Å². The average molecular weight is 258 g/mol. The third-order valence-electron chi connectivity index (χ3n) is 3.09. The zero-order chi connectivity index (χ0) is 14.2. The molecule has 0 aliphatic carbocycles. The van der Waals surface area contributed by atoms with Crippen molar-refractivity contribution in [2.45, 2.75) is 11.8 Å². The maximum absolute atomic E-state index is 9.25. The quantitative estimate of drug-likeness (QED) is 0.773. The van der Waals surface area contributed by atoms with Gasteiger partial charge in [-0.05, 0) is 11.1 Å². The third kappa shape index (κ3) is 3.34. The zero-order valence-electron chi connectivity index (χ0n) is 11.0. The average Bonchev–Trinajstić information content (AvgIpc) is 2.53. The van der Waals surface area contributed by atoms with Crippen LogP contribution in [-0.4, -0.2) is 0 Å². The molecular formula is C18H14N2. The minimum atomic E-state index is -0.323. The molecule has 0 aliphatic heterocycles. The molecule has 2 atom stereocenters. The monoisotopic (exact) mass is 258 g/mol. The van der Waals surface area contributed by atoms with Gasteiger partial charge in [0.25, 0.3) is 0 Å². The first kappa shape index (κ1) is 13.6. The van der Waals surface area contributed by atoms with Crippen molar-refractivity contribution >= 4 is 0 Å². The van der Waals surface area contributed by atoms with E-state index >= 15 is 0 Å². The summed E-state index contributed by atoms with van der Waals surface area (Å²) in [5, 5.41) is 18.5. The molecule has 0 saturated heterocycles. The Morgan fingerprint density at radius 1 is 0.650 bits per heavy atom. The fourth-order valence-electron chi connectivity index (χ4n) is 2.00. The van der Waals surface area contributed by atoms with Crippen LogP contribution < -0.4 is 0 Å². The van der Waals surface area contributed by atoms with Crippen LogP contribution in [0.5, 0.6) is 0 Å². The molecule has 0 spiro atoms. The van der Waals surface area contributed by atoms with E-state index in [-0.39, 0.29) is 11.8 Å². The van der Waals surface area contributed by atoms with Crippen molar-refractivity contribution in [1.29, 1.82) is 10.5 Å². The van der Waals surface area contributed by atoms with Gasteiger partial charge in [0.2, 0.25) is 0 Å². The van der Waals surface area contributed by atoms with Crippen LogP contribution in [0.3, 0.4) is 0 Å². The van der Waals surface area contributed by atoms with Crippen LogP contribution in [0.25, 0.3) is 0 Å². The Kier molecular flexibility index (Phi) is 4.70. The fraction of sp³-hybridized carbons (Fsp3) is 0.111. The molecule has 2 aromatic rings. The molecule has 2 heteroatoms. The van der Waals surface area contributed by atoms with Crippen LogP contribution in [0.15, 0.2) is 72.8 Å². The van der Waals surface area contributed by atoms with Crippen molar-refractivity contribution in [3.63, 3.8) is 0 Å². The summed E-state index contributed by atoms with van der Waals surface area (Å²) in [5.41, 5.74) is 1.88. The second-order valence-corrected chi connectivity index (χ2v) is 4.42. The maximum Gasteiger partial charge on any atom is 0.0894 e. The highest BCUT2D eigenvalue weighted by molar-refractivity contribution is 5.34. The SMILES string of the molecule is N#CC(C=CC(C#N)c1ccccc1)c1ccccc1. The zero-order valence-corrected chi connectivity index (χ0v) is 11.0. The number of nitrogens with zero attached hydrogens (tertiary/aromatic N) is 2. The lowest BCUT2D eigenvalue weighted by Crippen LogP contribution is -1.94. The molecule has 2 aromatic carbocycles. The topological polar surface area (TPSA) is 47.6 Å². The van der Waals surface area contributed by atoms with Gasteiger partial charge in [-0.3, -0.25) is 0 Å². The van der Waals surface area contributed by atoms with Gasteiger partial charge in [0.05, 0.1) is 24.0 Å². The molecule has 96 valence electrons. The molecule has 0 heterocycles. The Balaban J connectivity index is 2.19. The van der Waals surface area contributed by atoms with Gasteiger partial charge in [-0.2, -0.15) is 10.5 Å². The van der Waals surface area contributed by atoms with E-state index < -0.39 is 0 Å². The van der Waals surface area contributed by atoms with Gasteiger partial charge in [-0.25, -0.2) is 0 Å². The smallest absolute Gasteiger partial charge is 0.0894 e. The van der Waals surface area contributed by atoms with Crippen LogP contribution in [0.2, 0.25) is 0 Å². The molecule has 0 aliphatic rings. The van der Waals surface area contributed by atoms with Crippen LogP contribution in [0.1, 0.15) is 23.0 Å². The van der Waals surface area contributed by atoms with Crippen molar-refractivity contribution in [1.82, 2.24) is 0 Å². The van der Waals surface area contributed by atoms with E-state index in [9.17, 15) is 10.5 Å². The number of allylic oxidation sites excluding steroid dienone is 2. The van der Waals surface area contributed by atoms with Crippen molar-refractivity contribution in [2.24, 2.45) is 0 Å². The highest BCUT2D eigenvalue weighted by atomic mass is 14.3. The number of hydrogen-bond acceptors (Lipinski definition) is 2. The second kappa shape index (κ2) is 6.92. The molecule has 0 radical (unpaired) electrons. The Labute approximate surface area is 119 Å². The van der Waals surface area contributed by atoms with E-state index in [1.807, 2.05) is 60.7 Å². The van der Waals surface area contributed by atoms with Gasteiger partial charge in [-0.1, -0.05) is 72.8 Å². The molecule has 0 N–H and O–H groups in total. The lowest BCUT2D eigenvalue weighted by molar-refractivity contribution is 1.04. The number of rotatable bonds is 4. The Morgan fingerprint density at radius 3 is 1.30 bits per heavy atom. The van der Waals surface area contributed by atoms with Gasteiger partial charge >= 0.3 is 0 Å². The summed E-state index contributed by atoms with van der Waals surface area (Å²) in [7, 11) is 0. The predicted molar refractivity (Wildman–Crippen MR) is 78.7 cm³/mol. The normalized spacial score (nSPS) is 13.3. The molecule has 20 heavy (non-hydrogen) atoms. The molecule has 0 amide bonds. The Morgan fingerprint density at radius 2 is 1.00 bits per heavy atom. The summed E-state index contributed by atoms with van der Waals surface area (Å²) >= 11 is 0. The van der Waals surface area contributed by atoms with E-state index in [4.69, 9.17) is 0 Å². The Hall–Kier alpha value is -2.84. The third-order valence-corrected chi connectivity index (χ3v) is 3.09.